The van der Waals surface area contributed by atoms with E-state index >= 15 is 0 Å². The number of hydrogen-bond donors (Lipinski definition) is 3. The number of alkyl carbamates (subject to hydrolysis) is 1. The van der Waals surface area contributed by atoms with Crippen LogP contribution in [0.3, 0.4) is 0 Å². The maximum atomic E-state index is 14.7. The number of hydrogen-bond acceptors (Lipinski definition) is 5. The number of phenols is 1. The number of nitrogens with one attached hydrogen (secondary N) is 2. The lowest BCUT2D eigenvalue weighted by molar-refractivity contribution is -0.141. The third kappa shape index (κ3) is 8.11. The molecule has 3 aromatic carbocycles. The van der Waals surface area contributed by atoms with Crippen molar-refractivity contribution in [2.45, 2.75) is 85.0 Å². The van der Waals surface area contributed by atoms with E-state index in [-0.39, 0.29) is 24.1 Å². The SMILES string of the molecule is Cc1ccc(C(C(=O)Nc2c(C)cccc2Cl)N(C(=O)C(Cc2ccc(O)cc2)NC(=O)OC(C)(C)C)C2CC2C)cc1C. The van der Waals surface area contributed by atoms with Gasteiger partial charge in [-0.25, -0.2) is 4.79 Å². The maximum absolute atomic E-state index is 14.7. The fourth-order valence-electron chi connectivity index (χ4n) is 5.22. The predicted molar refractivity (Wildman–Crippen MR) is 173 cm³/mol. The van der Waals surface area contributed by atoms with Gasteiger partial charge in [0, 0.05) is 12.5 Å². The lowest BCUT2D eigenvalue weighted by atomic mass is 9.97. The van der Waals surface area contributed by atoms with E-state index < -0.39 is 35.6 Å². The topological polar surface area (TPSA) is 108 Å². The van der Waals surface area contributed by atoms with Crippen molar-refractivity contribution >= 4 is 35.2 Å². The molecule has 1 fully saturated rings. The van der Waals surface area contributed by atoms with Gasteiger partial charge >= 0.3 is 6.09 Å². The largest absolute Gasteiger partial charge is 0.508 e. The molecule has 234 valence electrons. The van der Waals surface area contributed by atoms with Crippen molar-refractivity contribution in [3.8, 4) is 5.75 Å². The Kier molecular flexibility index (Phi) is 9.94. The summed E-state index contributed by atoms with van der Waals surface area (Å²) in [7, 11) is 0. The summed E-state index contributed by atoms with van der Waals surface area (Å²) < 4.78 is 5.52. The molecule has 3 aromatic rings. The fraction of sp³-hybridized carbons (Fsp3) is 0.400. The van der Waals surface area contributed by atoms with E-state index in [0.29, 0.717) is 22.7 Å². The number of anilines is 1. The molecule has 0 aliphatic heterocycles. The van der Waals surface area contributed by atoms with Crippen LogP contribution in [0.1, 0.15) is 68.0 Å². The standard InChI is InChI=1S/C35H42ClN3O5/c1-20-11-14-25(17-22(20)3)31(32(41)38-30-21(2)9-8-10-27(30)36)39(29-18-23(29)4)33(42)28(37-34(43)44-35(5,6)7)19-24-12-15-26(40)16-13-24/h8-17,23,28-29,31,40H,18-19H2,1-7H3,(H,37,43)(H,38,41). The van der Waals surface area contributed by atoms with Crippen LogP contribution in [-0.2, 0) is 20.7 Å². The minimum atomic E-state index is -1.05. The number of nitrogens with zero attached hydrogens (tertiary/aromatic N) is 1. The van der Waals surface area contributed by atoms with Gasteiger partial charge in [-0.2, -0.15) is 0 Å². The number of aromatic hydroxyl groups is 1. The molecule has 8 nitrogen and oxygen atoms in total. The van der Waals surface area contributed by atoms with E-state index in [4.69, 9.17) is 16.3 Å². The molecule has 4 atom stereocenters. The number of ether oxygens (including phenoxy) is 1. The van der Waals surface area contributed by atoms with Crippen LogP contribution in [0.4, 0.5) is 10.5 Å². The first kappa shape index (κ1) is 32.9. The minimum Gasteiger partial charge on any atom is -0.508 e. The number of para-hydroxylation sites is 1. The number of halogens is 1. The van der Waals surface area contributed by atoms with Crippen LogP contribution < -0.4 is 10.6 Å². The third-order valence-corrected chi connectivity index (χ3v) is 8.20. The molecule has 3 amide bonds. The Morgan fingerprint density at radius 3 is 2.23 bits per heavy atom. The first-order chi connectivity index (χ1) is 20.6. The van der Waals surface area contributed by atoms with E-state index in [1.807, 2.05) is 58.0 Å². The van der Waals surface area contributed by atoms with Gasteiger partial charge in [0.05, 0.1) is 10.7 Å². The van der Waals surface area contributed by atoms with E-state index in [9.17, 15) is 19.5 Å². The van der Waals surface area contributed by atoms with Crippen molar-refractivity contribution in [2.24, 2.45) is 5.92 Å². The molecule has 1 saturated carbocycles. The smallest absolute Gasteiger partial charge is 0.408 e. The average Bonchev–Trinajstić information content (AvgIpc) is 3.66. The van der Waals surface area contributed by atoms with E-state index in [2.05, 4.69) is 10.6 Å². The highest BCUT2D eigenvalue weighted by Gasteiger charge is 2.48. The Bertz CT molecular complexity index is 1510. The number of carbonyl (C=O) groups is 3. The molecule has 9 heteroatoms. The number of amides is 3. The number of carbonyl (C=O) groups excluding carboxylic acids is 3. The number of rotatable bonds is 9. The summed E-state index contributed by atoms with van der Waals surface area (Å²) in [5, 5.41) is 16.0. The third-order valence-electron chi connectivity index (χ3n) is 7.89. The van der Waals surface area contributed by atoms with Crippen molar-refractivity contribution in [3.05, 3.63) is 93.5 Å². The highest BCUT2D eigenvalue weighted by atomic mass is 35.5. The van der Waals surface area contributed by atoms with Gasteiger partial charge in [0.15, 0.2) is 0 Å². The van der Waals surface area contributed by atoms with Crippen molar-refractivity contribution in [2.75, 3.05) is 5.32 Å². The molecule has 1 aliphatic carbocycles. The zero-order chi connectivity index (χ0) is 32.3. The minimum absolute atomic E-state index is 0.0894. The molecule has 4 rings (SSSR count). The quantitative estimate of drug-likeness (QED) is 0.238. The molecular weight excluding hydrogens is 578 g/mol. The number of aryl methyl sites for hydroxylation is 3. The van der Waals surface area contributed by atoms with Crippen LogP contribution in [0.15, 0.2) is 60.7 Å². The summed E-state index contributed by atoms with van der Waals surface area (Å²) in [4.78, 5) is 43.7. The zero-order valence-corrected chi connectivity index (χ0v) is 27.2. The van der Waals surface area contributed by atoms with Gasteiger partial charge in [0.25, 0.3) is 5.91 Å². The van der Waals surface area contributed by atoms with Gasteiger partial charge < -0.3 is 25.4 Å². The summed E-state index contributed by atoms with van der Waals surface area (Å²) in [5.74, 6) is -0.574. The van der Waals surface area contributed by atoms with E-state index in [1.54, 1.807) is 43.9 Å². The normalized spacial score (nSPS) is 17.3. The van der Waals surface area contributed by atoms with Gasteiger partial charge in [-0.3, -0.25) is 9.59 Å². The van der Waals surface area contributed by atoms with Crippen LogP contribution in [-0.4, -0.2) is 45.6 Å². The molecule has 0 heterocycles. The second kappa shape index (κ2) is 13.3. The Morgan fingerprint density at radius 1 is 1.00 bits per heavy atom. The lowest BCUT2D eigenvalue weighted by Crippen LogP contribution is -2.54. The molecule has 1 aliphatic rings. The summed E-state index contributed by atoms with van der Waals surface area (Å²) in [6.45, 7) is 13.1. The van der Waals surface area contributed by atoms with Gasteiger partial charge in [0.1, 0.15) is 23.4 Å². The second-order valence-corrected chi connectivity index (χ2v) is 13.2. The van der Waals surface area contributed by atoms with E-state index in [0.717, 1.165) is 22.3 Å². The molecule has 0 bridgehead atoms. The van der Waals surface area contributed by atoms with Crippen molar-refractivity contribution in [1.82, 2.24) is 10.2 Å². The highest BCUT2D eigenvalue weighted by molar-refractivity contribution is 6.34. The van der Waals surface area contributed by atoms with Gasteiger partial charge in [0.2, 0.25) is 5.91 Å². The molecule has 4 unspecified atom stereocenters. The Balaban J connectivity index is 1.79. The van der Waals surface area contributed by atoms with Crippen LogP contribution in [0.2, 0.25) is 5.02 Å². The summed E-state index contributed by atoms with van der Waals surface area (Å²) in [5.41, 5.74) is 3.91. The van der Waals surface area contributed by atoms with Crippen LogP contribution in [0, 0.1) is 26.7 Å². The summed E-state index contributed by atoms with van der Waals surface area (Å²) >= 11 is 6.50. The molecule has 0 aromatic heterocycles. The number of phenolic OH excluding ortho intramolecular Hbond substituents is 1. The monoisotopic (exact) mass is 619 g/mol. The van der Waals surface area contributed by atoms with Crippen molar-refractivity contribution in [1.29, 1.82) is 0 Å². The Morgan fingerprint density at radius 2 is 1.66 bits per heavy atom. The first-order valence-corrected chi connectivity index (χ1v) is 15.2. The van der Waals surface area contributed by atoms with Crippen LogP contribution in [0.25, 0.3) is 0 Å². The zero-order valence-electron chi connectivity index (χ0n) is 26.4. The highest BCUT2D eigenvalue weighted by Crippen LogP contribution is 2.42. The molecule has 0 saturated heterocycles. The van der Waals surface area contributed by atoms with Crippen molar-refractivity contribution < 1.29 is 24.2 Å². The Hall–Kier alpha value is -4.04. The second-order valence-electron chi connectivity index (χ2n) is 12.8. The van der Waals surface area contributed by atoms with Gasteiger partial charge in [-0.05, 0) is 99.9 Å². The van der Waals surface area contributed by atoms with Crippen LogP contribution >= 0.6 is 11.6 Å². The predicted octanol–water partition coefficient (Wildman–Crippen LogP) is 7.02. The lowest BCUT2D eigenvalue weighted by Gasteiger charge is -2.35. The van der Waals surface area contributed by atoms with E-state index in [1.165, 1.54) is 12.1 Å². The average molecular weight is 620 g/mol. The van der Waals surface area contributed by atoms with Crippen LogP contribution in [0.5, 0.6) is 5.75 Å². The number of benzene rings is 3. The molecule has 0 radical (unpaired) electrons. The first-order valence-electron chi connectivity index (χ1n) is 14.9. The fourth-order valence-corrected chi connectivity index (χ4v) is 5.49. The Labute approximate surface area is 264 Å². The maximum Gasteiger partial charge on any atom is 0.408 e. The molecule has 0 spiro atoms. The van der Waals surface area contributed by atoms with Crippen molar-refractivity contribution in [3.63, 3.8) is 0 Å². The molecule has 44 heavy (non-hydrogen) atoms. The molecule has 3 N–H and O–H groups in total. The van der Waals surface area contributed by atoms with Gasteiger partial charge in [-0.1, -0.05) is 61.0 Å². The summed E-state index contributed by atoms with van der Waals surface area (Å²) in [6, 6.07) is 15.3. The molecular formula is C35H42ClN3O5. The summed E-state index contributed by atoms with van der Waals surface area (Å²) in [6.07, 6.45) is 0.0994. The van der Waals surface area contributed by atoms with Gasteiger partial charge in [-0.15, -0.1) is 0 Å².